The summed E-state index contributed by atoms with van der Waals surface area (Å²) in [6.07, 6.45) is 1.05. The second-order valence-corrected chi connectivity index (χ2v) is 5.78. The van der Waals surface area contributed by atoms with Gasteiger partial charge in [0.25, 0.3) is 0 Å². The molecule has 100 valence electrons. The van der Waals surface area contributed by atoms with Crippen LogP contribution in [-0.4, -0.2) is 7.05 Å². The summed E-state index contributed by atoms with van der Waals surface area (Å²) in [5, 5.41) is 4.12. The lowest BCUT2D eigenvalue weighted by molar-refractivity contribution is 0.688. The van der Waals surface area contributed by atoms with Crippen molar-refractivity contribution in [2.75, 3.05) is 7.05 Å². The van der Waals surface area contributed by atoms with Crippen molar-refractivity contribution >= 4 is 27.5 Å². The summed E-state index contributed by atoms with van der Waals surface area (Å²) in [6, 6.07) is 14.8. The van der Waals surface area contributed by atoms with Gasteiger partial charge in [-0.25, -0.2) is 0 Å². The van der Waals surface area contributed by atoms with Gasteiger partial charge in [0.15, 0.2) is 0 Å². The monoisotopic (exact) mass is 337 g/mol. The zero-order valence-electron chi connectivity index (χ0n) is 11.1. The Labute approximate surface area is 128 Å². The lowest BCUT2D eigenvalue weighted by atomic mass is 9.97. The molecule has 0 saturated carbocycles. The third-order valence-electron chi connectivity index (χ3n) is 3.25. The van der Waals surface area contributed by atoms with Crippen molar-refractivity contribution in [1.82, 2.24) is 5.32 Å². The highest BCUT2D eigenvalue weighted by Gasteiger charge is 2.15. The lowest BCUT2D eigenvalue weighted by Crippen LogP contribution is -2.18. The molecule has 1 N–H and O–H groups in total. The fourth-order valence-corrected chi connectivity index (χ4v) is 3.14. The highest BCUT2D eigenvalue weighted by atomic mass is 79.9. The first-order valence-electron chi connectivity index (χ1n) is 6.36. The zero-order valence-corrected chi connectivity index (χ0v) is 13.4. The fraction of sp³-hybridized carbons (Fsp3) is 0.250. The topological polar surface area (TPSA) is 12.0 Å². The first-order valence-corrected chi connectivity index (χ1v) is 7.54. The third kappa shape index (κ3) is 3.38. The smallest absolute Gasteiger partial charge is 0.0585 e. The highest BCUT2D eigenvalue weighted by Crippen LogP contribution is 2.30. The highest BCUT2D eigenvalue weighted by molar-refractivity contribution is 9.10. The number of nitrogens with one attached hydrogen (secondary N) is 1. The quantitative estimate of drug-likeness (QED) is 0.829. The third-order valence-corrected chi connectivity index (χ3v) is 4.18. The molecule has 0 aliphatic carbocycles. The van der Waals surface area contributed by atoms with E-state index >= 15 is 0 Å². The van der Waals surface area contributed by atoms with E-state index in [-0.39, 0.29) is 6.04 Å². The number of halogens is 2. The van der Waals surface area contributed by atoms with Crippen molar-refractivity contribution in [2.24, 2.45) is 0 Å². The molecule has 0 saturated heterocycles. The van der Waals surface area contributed by atoms with Crippen LogP contribution in [0.25, 0.3) is 0 Å². The number of hydrogen-bond acceptors (Lipinski definition) is 1. The zero-order chi connectivity index (χ0) is 13.8. The summed E-state index contributed by atoms with van der Waals surface area (Å²) in [7, 11) is 1.98. The summed E-state index contributed by atoms with van der Waals surface area (Å²) >= 11 is 9.61. The first kappa shape index (κ1) is 14.6. The maximum Gasteiger partial charge on any atom is 0.0585 e. The van der Waals surface area contributed by atoms with Crippen LogP contribution in [0.3, 0.4) is 0 Å². The number of benzene rings is 2. The van der Waals surface area contributed by atoms with Crippen molar-refractivity contribution in [2.45, 2.75) is 19.4 Å². The summed E-state index contributed by atoms with van der Waals surface area (Å²) in [5.41, 5.74) is 3.81. The molecule has 2 rings (SSSR count). The molecule has 0 radical (unpaired) electrons. The van der Waals surface area contributed by atoms with Crippen molar-refractivity contribution in [3.63, 3.8) is 0 Å². The Hall–Kier alpha value is -0.830. The minimum absolute atomic E-state index is 0.165. The molecule has 0 aromatic heterocycles. The van der Waals surface area contributed by atoms with Crippen LogP contribution in [0.1, 0.15) is 29.7 Å². The van der Waals surface area contributed by atoms with E-state index in [4.69, 9.17) is 11.6 Å². The molecule has 0 fully saturated rings. The van der Waals surface area contributed by atoms with Gasteiger partial charge in [0.1, 0.15) is 0 Å². The Kier molecular flexibility index (Phi) is 5.03. The molecule has 0 amide bonds. The van der Waals surface area contributed by atoms with Gasteiger partial charge in [0, 0.05) is 9.50 Å². The van der Waals surface area contributed by atoms with Crippen LogP contribution >= 0.6 is 27.5 Å². The molecule has 3 heteroatoms. The van der Waals surface area contributed by atoms with Gasteiger partial charge < -0.3 is 5.32 Å². The Morgan fingerprint density at radius 3 is 2.63 bits per heavy atom. The van der Waals surface area contributed by atoms with E-state index in [2.05, 4.69) is 58.5 Å². The Morgan fingerprint density at radius 2 is 2.00 bits per heavy atom. The average molecular weight is 339 g/mol. The number of aryl methyl sites for hydroxylation is 1. The van der Waals surface area contributed by atoms with E-state index in [0.29, 0.717) is 0 Å². The Bertz CT molecular complexity index is 568. The maximum absolute atomic E-state index is 6.01. The van der Waals surface area contributed by atoms with E-state index in [0.717, 1.165) is 15.9 Å². The van der Waals surface area contributed by atoms with Gasteiger partial charge in [-0.1, -0.05) is 64.8 Å². The summed E-state index contributed by atoms with van der Waals surface area (Å²) < 4.78 is 1.03. The van der Waals surface area contributed by atoms with Gasteiger partial charge >= 0.3 is 0 Å². The molecule has 2 aromatic rings. The second-order valence-electron chi connectivity index (χ2n) is 4.49. The normalized spacial score (nSPS) is 12.4. The molecular formula is C16H17BrClN. The summed E-state index contributed by atoms with van der Waals surface area (Å²) in [6.45, 7) is 2.17. The van der Waals surface area contributed by atoms with Gasteiger partial charge in [-0.3, -0.25) is 0 Å². The van der Waals surface area contributed by atoms with Gasteiger partial charge in [-0.2, -0.15) is 0 Å². The fourth-order valence-electron chi connectivity index (χ4n) is 2.23. The Morgan fingerprint density at radius 1 is 1.21 bits per heavy atom. The molecule has 0 bridgehead atoms. The first-order chi connectivity index (χ1) is 9.15. The molecule has 0 aliphatic heterocycles. The van der Waals surface area contributed by atoms with Crippen molar-refractivity contribution in [3.05, 3.63) is 68.7 Å². The lowest BCUT2D eigenvalue weighted by Gasteiger charge is -2.19. The minimum Gasteiger partial charge on any atom is -0.309 e. The van der Waals surface area contributed by atoms with Gasteiger partial charge in [0.2, 0.25) is 0 Å². The van der Waals surface area contributed by atoms with Crippen LogP contribution in [0.5, 0.6) is 0 Å². The molecule has 0 spiro atoms. The van der Waals surface area contributed by atoms with E-state index in [9.17, 15) is 0 Å². The second kappa shape index (κ2) is 6.56. The molecule has 2 aromatic carbocycles. The van der Waals surface area contributed by atoms with Crippen LogP contribution in [-0.2, 0) is 6.42 Å². The van der Waals surface area contributed by atoms with Gasteiger partial charge in [-0.15, -0.1) is 0 Å². The van der Waals surface area contributed by atoms with E-state index in [1.54, 1.807) is 0 Å². The SMILES string of the molecule is CCc1cccc(C(NC)c2ccc(Cl)cc2Br)c1. The van der Waals surface area contributed by atoms with Gasteiger partial charge in [0.05, 0.1) is 6.04 Å². The predicted molar refractivity (Wildman–Crippen MR) is 85.9 cm³/mol. The van der Waals surface area contributed by atoms with Crippen molar-refractivity contribution < 1.29 is 0 Å². The predicted octanol–water partition coefficient (Wildman–Crippen LogP) is 4.97. The number of hydrogen-bond donors (Lipinski definition) is 1. The molecular weight excluding hydrogens is 322 g/mol. The molecule has 1 atom stereocenters. The minimum atomic E-state index is 0.165. The molecule has 1 unspecified atom stereocenters. The number of rotatable bonds is 4. The van der Waals surface area contributed by atoms with Crippen LogP contribution in [0.15, 0.2) is 46.9 Å². The summed E-state index contributed by atoms with van der Waals surface area (Å²) in [4.78, 5) is 0. The van der Waals surface area contributed by atoms with Crippen LogP contribution in [0.4, 0.5) is 0 Å². The van der Waals surface area contributed by atoms with E-state index < -0.39 is 0 Å². The van der Waals surface area contributed by atoms with Crippen LogP contribution in [0.2, 0.25) is 5.02 Å². The van der Waals surface area contributed by atoms with E-state index in [1.165, 1.54) is 16.7 Å². The van der Waals surface area contributed by atoms with Gasteiger partial charge in [-0.05, 0) is 42.3 Å². The molecule has 0 aliphatic rings. The standard InChI is InChI=1S/C16H17BrClN/c1-3-11-5-4-6-12(9-11)16(19-2)14-8-7-13(18)10-15(14)17/h4-10,16,19H,3H2,1-2H3. The Balaban J connectivity index is 2.43. The van der Waals surface area contributed by atoms with Crippen molar-refractivity contribution in [1.29, 1.82) is 0 Å². The molecule has 19 heavy (non-hydrogen) atoms. The van der Waals surface area contributed by atoms with Crippen molar-refractivity contribution in [3.8, 4) is 0 Å². The summed E-state index contributed by atoms with van der Waals surface area (Å²) in [5.74, 6) is 0. The van der Waals surface area contributed by atoms with Crippen LogP contribution in [0, 0.1) is 0 Å². The average Bonchev–Trinajstić information content (AvgIpc) is 2.42. The van der Waals surface area contributed by atoms with E-state index in [1.807, 2.05) is 19.2 Å². The largest absolute Gasteiger partial charge is 0.309 e. The van der Waals surface area contributed by atoms with Crippen LogP contribution < -0.4 is 5.32 Å². The molecule has 0 heterocycles. The molecule has 1 nitrogen and oxygen atoms in total. The maximum atomic E-state index is 6.01.